The summed E-state index contributed by atoms with van der Waals surface area (Å²) in [5, 5.41) is 14.0. The first-order chi connectivity index (χ1) is 10.0. The van der Waals surface area contributed by atoms with Gasteiger partial charge in [-0.15, -0.1) is 0 Å². The average Bonchev–Trinajstić information content (AvgIpc) is 2.44. The highest BCUT2D eigenvalue weighted by Crippen LogP contribution is 2.01. The summed E-state index contributed by atoms with van der Waals surface area (Å²) in [7, 11) is 0. The first kappa shape index (κ1) is 16.7. The van der Waals surface area contributed by atoms with E-state index in [1.165, 1.54) is 12.4 Å². The standard InChI is InChI=1S/C15H19N3O3/c1-11(2)18-14(20)5-6-17-15(21)13-8-12(4-3-7-19)9-16-10-13/h8-11,19H,5-7H2,1-2H3,(H,17,21)(H,18,20). The van der Waals surface area contributed by atoms with Crippen molar-refractivity contribution in [1.29, 1.82) is 0 Å². The van der Waals surface area contributed by atoms with Gasteiger partial charge in [0.05, 0.1) is 5.56 Å². The van der Waals surface area contributed by atoms with E-state index in [2.05, 4.69) is 27.5 Å². The molecule has 3 N–H and O–H groups in total. The van der Waals surface area contributed by atoms with Gasteiger partial charge in [-0.05, 0) is 19.9 Å². The third-order valence-corrected chi connectivity index (χ3v) is 2.40. The van der Waals surface area contributed by atoms with Gasteiger partial charge in [-0.3, -0.25) is 14.6 Å². The topological polar surface area (TPSA) is 91.3 Å². The molecule has 1 aromatic heterocycles. The summed E-state index contributed by atoms with van der Waals surface area (Å²) in [6.07, 6.45) is 3.16. The van der Waals surface area contributed by atoms with Crippen LogP contribution < -0.4 is 10.6 Å². The minimum absolute atomic E-state index is 0.0826. The molecule has 0 atom stereocenters. The molecule has 6 heteroatoms. The molecule has 1 aromatic rings. The van der Waals surface area contributed by atoms with Gasteiger partial charge in [-0.2, -0.15) is 0 Å². The van der Waals surface area contributed by atoms with Crippen LogP contribution in [0.25, 0.3) is 0 Å². The molecule has 6 nitrogen and oxygen atoms in total. The number of amides is 2. The SMILES string of the molecule is CC(C)NC(=O)CCNC(=O)c1cncc(C#CCO)c1. The van der Waals surface area contributed by atoms with Crippen molar-refractivity contribution >= 4 is 11.8 Å². The molecule has 0 radical (unpaired) electrons. The van der Waals surface area contributed by atoms with Crippen LogP contribution in [0.4, 0.5) is 0 Å². The van der Waals surface area contributed by atoms with Gasteiger partial charge in [0.25, 0.3) is 5.91 Å². The number of nitrogens with one attached hydrogen (secondary N) is 2. The molecule has 0 fully saturated rings. The Kier molecular flexibility index (Phi) is 6.92. The second-order valence-corrected chi connectivity index (χ2v) is 4.65. The maximum atomic E-state index is 11.9. The minimum atomic E-state index is -0.313. The Bertz CT molecular complexity index is 559. The average molecular weight is 289 g/mol. The highest BCUT2D eigenvalue weighted by Gasteiger charge is 2.08. The summed E-state index contributed by atoms with van der Waals surface area (Å²) >= 11 is 0. The first-order valence-electron chi connectivity index (χ1n) is 6.65. The summed E-state index contributed by atoms with van der Waals surface area (Å²) in [5.41, 5.74) is 0.915. The van der Waals surface area contributed by atoms with E-state index in [9.17, 15) is 9.59 Å². The lowest BCUT2D eigenvalue weighted by atomic mass is 10.2. The molecule has 1 heterocycles. The molecule has 21 heavy (non-hydrogen) atoms. The van der Waals surface area contributed by atoms with Crippen molar-refractivity contribution < 1.29 is 14.7 Å². The number of aliphatic hydroxyl groups excluding tert-OH is 1. The Hall–Kier alpha value is -2.39. The Morgan fingerprint density at radius 2 is 2.14 bits per heavy atom. The maximum Gasteiger partial charge on any atom is 0.252 e. The molecule has 0 aliphatic heterocycles. The third-order valence-electron chi connectivity index (χ3n) is 2.40. The molecule has 0 bridgehead atoms. The van der Waals surface area contributed by atoms with Gasteiger partial charge in [0.15, 0.2) is 0 Å². The molecule has 0 spiro atoms. The first-order valence-corrected chi connectivity index (χ1v) is 6.65. The Labute approximate surface area is 124 Å². The van der Waals surface area contributed by atoms with E-state index < -0.39 is 0 Å². The highest BCUT2D eigenvalue weighted by molar-refractivity contribution is 5.94. The van der Waals surface area contributed by atoms with Gasteiger partial charge in [0.1, 0.15) is 6.61 Å². The van der Waals surface area contributed by atoms with Crippen LogP contribution in [0.3, 0.4) is 0 Å². The Balaban J connectivity index is 2.50. The zero-order valence-electron chi connectivity index (χ0n) is 12.1. The molecule has 0 saturated heterocycles. The lowest BCUT2D eigenvalue weighted by Gasteiger charge is -2.09. The Morgan fingerprint density at radius 3 is 2.81 bits per heavy atom. The van der Waals surface area contributed by atoms with Crippen LogP contribution in [0, 0.1) is 11.8 Å². The highest BCUT2D eigenvalue weighted by atomic mass is 16.2. The summed E-state index contributed by atoms with van der Waals surface area (Å²) in [6.45, 7) is 3.76. The zero-order chi connectivity index (χ0) is 15.7. The van der Waals surface area contributed by atoms with Gasteiger partial charge in [-0.1, -0.05) is 11.8 Å². The van der Waals surface area contributed by atoms with E-state index in [0.717, 1.165) is 0 Å². The summed E-state index contributed by atoms with van der Waals surface area (Å²) in [6, 6.07) is 1.67. The predicted molar refractivity (Wildman–Crippen MR) is 78.4 cm³/mol. The number of nitrogens with zero attached hydrogens (tertiary/aromatic N) is 1. The zero-order valence-corrected chi connectivity index (χ0v) is 12.1. The lowest BCUT2D eigenvalue weighted by molar-refractivity contribution is -0.121. The number of rotatable bonds is 5. The van der Waals surface area contributed by atoms with Gasteiger partial charge in [-0.25, -0.2) is 0 Å². The second kappa shape index (κ2) is 8.72. The lowest BCUT2D eigenvalue weighted by Crippen LogP contribution is -2.34. The Morgan fingerprint density at radius 1 is 1.38 bits per heavy atom. The molecule has 0 unspecified atom stereocenters. The van der Waals surface area contributed by atoms with Gasteiger partial charge in [0.2, 0.25) is 5.91 Å². The number of carbonyl (C=O) groups excluding carboxylic acids is 2. The monoisotopic (exact) mass is 289 g/mol. The van der Waals surface area contributed by atoms with Gasteiger partial charge >= 0.3 is 0 Å². The molecule has 0 aromatic carbocycles. The molecule has 2 amide bonds. The van der Waals surface area contributed by atoms with Crippen LogP contribution in [-0.2, 0) is 4.79 Å². The molecular formula is C15H19N3O3. The number of hydrogen-bond acceptors (Lipinski definition) is 4. The van der Waals surface area contributed by atoms with Crippen LogP contribution in [0.1, 0.15) is 36.2 Å². The van der Waals surface area contributed by atoms with E-state index in [0.29, 0.717) is 11.1 Å². The van der Waals surface area contributed by atoms with E-state index in [4.69, 9.17) is 5.11 Å². The van der Waals surface area contributed by atoms with E-state index in [-0.39, 0.29) is 37.4 Å². The fourth-order valence-electron chi connectivity index (χ4n) is 1.56. The minimum Gasteiger partial charge on any atom is -0.384 e. The largest absolute Gasteiger partial charge is 0.384 e. The molecule has 0 aliphatic rings. The van der Waals surface area contributed by atoms with E-state index in [1.54, 1.807) is 6.07 Å². The summed E-state index contributed by atoms with van der Waals surface area (Å²) in [4.78, 5) is 27.2. The van der Waals surface area contributed by atoms with Crippen molar-refractivity contribution in [3.05, 3.63) is 29.6 Å². The van der Waals surface area contributed by atoms with Crippen molar-refractivity contribution in [1.82, 2.24) is 15.6 Å². The van der Waals surface area contributed by atoms with Crippen LogP contribution in [0.2, 0.25) is 0 Å². The number of carbonyl (C=O) groups is 2. The molecule has 1 rings (SSSR count). The second-order valence-electron chi connectivity index (χ2n) is 4.65. The van der Waals surface area contributed by atoms with E-state index >= 15 is 0 Å². The molecule has 0 saturated carbocycles. The molecule has 0 aliphatic carbocycles. The van der Waals surface area contributed by atoms with Gasteiger partial charge in [0, 0.05) is 37.0 Å². The summed E-state index contributed by atoms with van der Waals surface area (Å²) in [5.74, 6) is 4.75. The van der Waals surface area contributed by atoms with Crippen molar-refractivity contribution in [3.8, 4) is 11.8 Å². The smallest absolute Gasteiger partial charge is 0.252 e. The fraction of sp³-hybridized carbons (Fsp3) is 0.400. The number of aromatic nitrogens is 1. The third kappa shape index (κ3) is 6.54. The predicted octanol–water partition coefficient (Wildman–Crippen LogP) is 0.0699. The summed E-state index contributed by atoms with van der Waals surface area (Å²) < 4.78 is 0. The van der Waals surface area contributed by atoms with Crippen LogP contribution in [-0.4, -0.2) is 41.1 Å². The quantitative estimate of drug-likeness (QED) is 0.669. The van der Waals surface area contributed by atoms with Crippen molar-refractivity contribution in [2.45, 2.75) is 26.3 Å². The normalized spacial score (nSPS) is 9.71. The molecule has 112 valence electrons. The van der Waals surface area contributed by atoms with Crippen molar-refractivity contribution in [3.63, 3.8) is 0 Å². The van der Waals surface area contributed by atoms with Crippen molar-refractivity contribution in [2.75, 3.05) is 13.2 Å². The van der Waals surface area contributed by atoms with Crippen LogP contribution >= 0.6 is 0 Å². The van der Waals surface area contributed by atoms with Crippen LogP contribution in [0.5, 0.6) is 0 Å². The molecular weight excluding hydrogens is 270 g/mol. The fourth-order valence-corrected chi connectivity index (χ4v) is 1.56. The number of hydrogen-bond donors (Lipinski definition) is 3. The number of pyridine rings is 1. The number of aliphatic hydroxyl groups is 1. The van der Waals surface area contributed by atoms with Crippen molar-refractivity contribution in [2.24, 2.45) is 0 Å². The maximum absolute atomic E-state index is 11.9. The van der Waals surface area contributed by atoms with E-state index in [1.807, 2.05) is 13.8 Å². The van der Waals surface area contributed by atoms with Gasteiger partial charge < -0.3 is 15.7 Å². The van der Waals surface area contributed by atoms with Crippen LogP contribution in [0.15, 0.2) is 18.5 Å².